The van der Waals surface area contributed by atoms with E-state index in [2.05, 4.69) is 28.4 Å². The van der Waals surface area contributed by atoms with Crippen molar-refractivity contribution >= 4 is 11.7 Å². The summed E-state index contributed by atoms with van der Waals surface area (Å²) in [5.74, 6) is 0.803. The lowest BCUT2D eigenvalue weighted by molar-refractivity contribution is 0.191. The maximum Gasteiger partial charge on any atom is 0.317 e. The lowest BCUT2D eigenvalue weighted by atomic mass is 10.0. The molecule has 1 heterocycles. The van der Waals surface area contributed by atoms with Gasteiger partial charge in [-0.3, -0.25) is 0 Å². The van der Waals surface area contributed by atoms with Crippen LogP contribution in [-0.2, 0) is 0 Å². The van der Waals surface area contributed by atoms with Gasteiger partial charge in [-0.25, -0.2) is 4.79 Å². The molecule has 0 radical (unpaired) electrons. The first-order valence-electron chi connectivity index (χ1n) is 9.08. The van der Waals surface area contributed by atoms with Crippen LogP contribution in [0.15, 0.2) is 48.5 Å². The van der Waals surface area contributed by atoms with Gasteiger partial charge in [0.25, 0.3) is 0 Å². The maximum absolute atomic E-state index is 12.7. The number of aryl methyl sites for hydroxylation is 1. The molecule has 1 atom stereocenters. The SMILES string of the molecule is COc1ccc(C)cc1C(C)NC(=O)N1CCN(c2ccccc2)CC1. The fourth-order valence-electron chi connectivity index (χ4n) is 3.35. The molecule has 26 heavy (non-hydrogen) atoms. The number of ether oxygens (including phenoxy) is 1. The molecule has 1 fully saturated rings. The van der Waals surface area contributed by atoms with Gasteiger partial charge in [0.15, 0.2) is 0 Å². The van der Waals surface area contributed by atoms with Crippen molar-refractivity contribution in [1.82, 2.24) is 10.2 Å². The number of nitrogens with zero attached hydrogens (tertiary/aromatic N) is 2. The van der Waals surface area contributed by atoms with E-state index in [1.165, 1.54) is 5.69 Å². The van der Waals surface area contributed by atoms with E-state index in [0.29, 0.717) is 0 Å². The van der Waals surface area contributed by atoms with Crippen LogP contribution in [-0.4, -0.2) is 44.2 Å². The minimum atomic E-state index is -0.107. The van der Waals surface area contributed by atoms with E-state index in [-0.39, 0.29) is 12.1 Å². The summed E-state index contributed by atoms with van der Waals surface area (Å²) in [5.41, 5.74) is 3.37. The molecule has 2 aromatic rings. The molecule has 2 amide bonds. The molecular formula is C21H27N3O2. The Hall–Kier alpha value is -2.69. The molecule has 1 N–H and O–H groups in total. The van der Waals surface area contributed by atoms with Gasteiger partial charge in [-0.2, -0.15) is 0 Å². The molecule has 1 saturated heterocycles. The molecule has 138 valence electrons. The third-order valence-corrected chi connectivity index (χ3v) is 4.88. The van der Waals surface area contributed by atoms with Crippen molar-refractivity contribution in [3.8, 4) is 5.75 Å². The van der Waals surface area contributed by atoms with Crippen LogP contribution in [0.5, 0.6) is 5.75 Å². The average Bonchev–Trinajstić information content (AvgIpc) is 2.68. The zero-order valence-electron chi connectivity index (χ0n) is 15.7. The van der Waals surface area contributed by atoms with Gasteiger partial charge in [0.2, 0.25) is 0 Å². The van der Waals surface area contributed by atoms with Crippen LogP contribution in [0.3, 0.4) is 0 Å². The second-order valence-electron chi connectivity index (χ2n) is 6.73. The predicted molar refractivity (Wildman–Crippen MR) is 105 cm³/mol. The van der Waals surface area contributed by atoms with E-state index in [1.807, 2.05) is 49.1 Å². The van der Waals surface area contributed by atoms with Crippen molar-refractivity contribution in [2.45, 2.75) is 19.9 Å². The molecule has 1 aliphatic heterocycles. The molecule has 2 aromatic carbocycles. The van der Waals surface area contributed by atoms with E-state index in [9.17, 15) is 4.79 Å². The van der Waals surface area contributed by atoms with Crippen molar-refractivity contribution in [2.75, 3.05) is 38.2 Å². The van der Waals surface area contributed by atoms with Crippen molar-refractivity contribution in [2.24, 2.45) is 0 Å². The van der Waals surface area contributed by atoms with E-state index < -0.39 is 0 Å². The molecule has 5 heteroatoms. The van der Waals surface area contributed by atoms with Crippen molar-refractivity contribution in [1.29, 1.82) is 0 Å². The Kier molecular flexibility index (Phi) is 5.66. The molecule has 0 saturated carbocycles. The second-order valence-corrected chi connectivity index (χ2v) is 6.73. The number of amides is 2. The number of piperazine rings is 1. The summed E-state index contributed by atoms with van der Waals surface area (Å²) < 4.78 is 5.44. The highest BCUT2D eigenvalue weighted by atomic mass is 16.5. The number of carbonyl (C=O) groups excluding carboxylic acids is 1. The zero-order chi connectivity index (χ0) is 18.5. The molecule has 1 aliphatic rings. The minimum Gasteiger partial charge on any atom is -0.496 e. The first-order valence-corrected chi connectivity index (χ1v) is 9.08. The smallest absolute Gasteiger partial charge is 0.317 e. The third kappa shape index (κ3) is 4.10. The van der Waals surface area contributed by atoms with Gasteiger partial charge in [0, 0.05) is 37.4 Å². The van der Waals surface area contributed by atoms with Gasteiger partial charge in [-0.15, -0.1) is 0 Å². The summed E-state index contributed by atoms with van der Waals surface area (Å²) in [6, 6.07) is 16.2. The number of hydrogen-bond acceptors (Lipinski definition) is 3. The minimum absolute atomic E-state index is 0.0197. The predicted octanol–water partition coefficient (Wildman–Crippen LogP) is 3.60. The average molecular weight is 353 g/mol. The standard InChI is InChI=1S/C21H27N3O2/c1-16-9-10-20(26-3)19(15-16)17(2)22-21(25)24-13-11-23(12-14-24)18-7-5-4-6-8-18/h4-10,15,17H,11-14H2,1-3H3,(H,22,25). The summed E-state index contributed by atoms with van der Waals surface area (Å²) in [4.78, 5) is 16.9. The van der Waals surface area contributed by atoms with Gasteiger partial charge < -0.3 is 19.9 Å². The van der Waals surface area contributed by atoms with Crippen LogP contribution < -0.4 is 15.0 Å². The number of para-hydroxylation sites is 1. The number of benzene rings is 2. The van der Waals surface area contributed by atoms with Crippen LogP contribution >= 0.6 is 0 Å². The van der Waals surface area contributed by atoms with E-state index in [0.717, 1.165) is 43.1 Å². The van der Waals surface area contributed by atoms with Gasteiger partial charge in [-0.1, -0.05) is 35.9 Å². The number of urea groups is 1. The highest BCUT2D eigenvalue weighted by Crippen LogP contribution is 2.26. The first kappa shape index (κ1) is 18.1. The maximum atomic E-state index is 12.7. The first-order chi connectivity index (χ1) is 12.6. The van der Waals surface area contributed by atoms with Gasteiger partial charge in [0.1, 0.15) is 5.75 Å². The summed E-state index contributed by atoms with van der Waals surface area (Å²) in [6.45, 7) is 7.17. The van der Waals surface area contributed by atoms with Crippen LogP contribution in [0, 0.1) is 6.92 Å². The molecule has 1 unspecified atom stereocenters. The number of carbonyl (C=O) groups is 1. The molecular weight excluding hydrogens is 326 g/mol. The number of nitrogens with one attached hydrogen (secondary N) is 1. The summed E-state index contributed by atoms with van der Waals surface area (Å²) in [5, 5.41) is 3.11. The molecule has 5 nitrogen and oxygen atoms in total. The fraction of sp³-hybridized carbons (Fsp3) is 0.381. The van der Waals surface area contributed by atoms with Crippen molar-refractivity contribution < 1.29 is 9.53 Å². The highest BCUT2D eigenvalue weighted by Gasteiger charge is 2.23. The zero-order valence-corrected chi connectivity index (χ0v) is 15.7. The van der Waals surface area contributed by atoms with Crippen LogP contribution in [0.1, 0.15) is 24.1 Å². The van der Waals surface area contributed by atoms with Crippen LogP contribution in [0.25, 0.3) is 0 Å². The van der Waals surface area contributed by atoms with E-state index >= 15 is 0 Å². The van der Waals surface area contributed by atoms with Crippen LogP contribution in [0.4, 0.5) is 10.5 Å². The Morgan fingerprint density at radius 1 is 1.08 bits per heavy atom. The number of anilines is 1. The lowest BCUT2D eigenvalue weighted by Crippen LogP contribution is -2.52. The Bertz CT molecular complexity index is 740. The Morgan fingerprint density at radius 3 is 2.42 bits per heavy atom. The normalized spacial score (nSPS) is 15.5. The van der Waals surface area contributed by atoms with Gasteiger partial charge >= 0.3 is 6.03 Å². The Balaban J connectivity index is 1.58. The number of methoxy groups -OCH3 is 1. The van der Waals surface area contributed by atoms with Gasteiger partial charge in [0.05, 0.1) is 13.2 Å². The van der Waals surface area contributed by atoms with Crippen LogP contribution in [0.2, 0.25) is 0 Å². The number of rotatable bonds is 4. The molecule has 0 aromatic heterocycles. The molecule has 0 bridgehead atoms. The Morgan fingerprint density at radius 2 is 1.77 bits per heavy atom. The fourth-order valence-corrected chi connectivity index (χ4v) is 3.35. The van der Waals surface area contributed by atoms with Gasteiger partial charge in [-0.05, 0) is 32.0 Å². The van der Waals surface area contributed by atoms with Crippen molar-refractivity contribution in [3.63, 3.8) is 0 Å². The Labute approximate surface area is 155 Å². The highest BCUT2D eigenvalue weighted by molar-refractivity contribution is 5.75. The van der Waals surface area contributed by atoms with E-state index in [4.69, 9.17) is 4.74 Å². The summed E-state index contributed by atoms with van der Waals surface area (Å²) in [7, 11) is 1.66. The monoisotopic (exact) mass is 353 g/mol. The largest absolute Gasteiger partial charge is 0.496 e. The third-order valence-electron chi connectivity index (χ3n) is 4.88. The summed E-state index contributed by atoms with van der Waals surface area (Å²) in [6.07, 6.45) is 0. The summed E-state index contributed by atoms with van der Waals surface area (Å²) >= 11 is 0. The lowest BCUT2D eigenvalue weighted by Gasteiger charge is -2.36. The van der Waals surface area contributed by atoms with E-state index in [1.54, 1.807) is 7.11 Å². The quantitative estimate of drug-likeness (QED) is 0.913. The number of hydrogen-bond donors (Lipinski definition) is 1. The molecule has 0 spiro atoms. The van der Waals surface area contributed by atoms with Crippen molar-refractivity contribution in [3.05, 3.63) is 59.7 Å². The topological polar surface area (TPSA) is 44.8 Å². The molecule has 3 rings (SSSR count). The molecule has 0 aliphatic carbocycles. The second kappa shape index (κ2) is 8.13.